The maximum atomic E-state index is 13.3. The van der Waals surface area contributed by atoms with Crippen molar-refractivity contribution in [1.82, 2.24) is 4.90 Å². The first-order valence-electron chi connectivity index (χ1n) is 5.30. The fraction of sp³-hybridized carbons (Fsp3) is 0.182. The standard InChI is InChI=1S/C11H7F3N2O2S2/c12-5-1-2-6(10(14)9(5)13)15-7(17)3-16-8(18)4-20-11(16)19/h1-2H,3-4H2,(H,15,17). The lowest BCUT2D eigenvalue weighted by atomic mass is 10.2. The first kappa shape index (κ1) is 14.8. The Morgan fingerprint density at radius 3 is 2.65 bits per heavy atom. The second-order valence-electron chi connectivity index (χ2n) is 3.81. The van der Waals surface area contributed by atoms with Crippen molar-refractivity contribution in [1.29, 1.82) is 0 Å². The molecule has 1 N–H and O–H groups in total. The Morgan fingerprint density at radius 2 is 2.05 bits per heavy atom. The quantitative estimate of drug-likeness (QED) is 0.683. The summed E-state index contributed by atoms with van der Waals surface area (Å²) in [5, 5.41) is 2.06. The van der Waals surface area contributed by atoms with E-state index in [0.29, 0.717) is 6.07 Å². The van der Waals surface area contributed by atoms with Crippen LogP contribution in [0.25, 0.3) is 0 Å². The number of nitrogens with one attached hydrogen (secondary N) is 1. The van der Waals surface area contributed by atoms with E-state index >= 15 is 0 Å². The third kappa shape index (κ3) is 2.93. The van der Waals surface area contributed by atoms with Crippen LogP contribution in [0, 0.1) is 17.5 Å². The highest BCUT2D eigenvalue weighted by Gasteiger charge is 2.28. The van der Waals surface area contributed by atoms with Crippen molar-refractivity contribution in [3.63, 3.8) is 0 Å². The first-order valence-corrected chi connectivity index (χ1v) is 6.70. The molecule has 1 aliphatic rings. The summed E-state index contributed by atoms with van der Waals surface area (Å²) in [6.07, 6.45) is 0. The Morgan fingerprint density at radius 1 is 1.35 bits per heavy atom. The summed E-state index contributed by atoms with van der Waals surface area (Å²) >= 11 is 5.98. The molecule has 2 rings (SSSR count). The third-order valence-corrected chi connectivity index (χ3v) is 3.88. The van der Waals surface area contributed by atoms with Crippen LogP contribution in [0.5, 0.6) is 0 Å². The summed E-state index contributed by atoms with van der Waals surface area (Å²) in [6, 6.07) is 1.58. The van der Waals surface area contributed by atoms with Crippen LogP contribution in [0.3, 0.4) is 0 Å². The average Bonchev–Trinajstić information content (AvgIpc) is 2.71. The minimum absolute atomic E-state index is 0.144. The summed E-state index contributed by atoms with van der Waals surface area (Å²) in [7, 11) is 0. The van der Waals surface area contributed by atoms with Gasteiger partial charge in [-0.05, 0) is 12.1 Å². The zero-order valence-electron chi connectivity index (χ0n) is 9.78. The van der Waals surface area contributed by atoms with Crippen molar-refractivity contribution in [3.05, 3.63) is 29.6 Å². The van der Waals surface area contributed by atoms with Crippen molar-refractivity contribution in [3.8, 4) is 0 Å². The minimum atomic E-state index is -1.67. The van der Waals surface area contributed by atoms with Gasteiger partial charge in [0.05, 0.1) is 11.4 Å². The maximum Gasteiger partial charge on any atom is 0.244 e. The zero-order valence-corrected chi connectivity index (χ0v) is 11.4. The molecule has 4 nitrogen and oxygen atoms in total. The molecule has 9 heteroatoms. The molecule has 20 heavy (non-hydrogen) atoms. The number of hydrogen-bond acceptors (Lipinski definition) is 4. The van der Waals surface area contributed by atoms with Crippen LogP contribution < -0.4 is 5.32 Å². The van der Waals surface area contributed by atoms with E-state index in [0.717, 1.165) is 22.7 Å². The lowest BCUT2D eigenvalue weighted by molar-refractivity contribution is -0.128. The maximum absolute atomic E-state index is 13.3. The zero-order chi connectivity index (χ0) is 14.9. The molecule has 0 saturated carbocycles. The summed E-state index contributed by atoms with van der Waals surface area (Å²) in [5.41, 5.74) is -0.501. The average molecular weight is 320 g/mol. The number of hydrogen-bond donors (Lipinski definition) is 1. The van der Waals surface area contributed by atoms with Crippen molar-refractivity contribution in [2.75, 3.05) is 17.6 Å². The van der Waals surface area contributed by atoms with Crippen LogP contribution >= 0.6 is 24.0 Å². The number of thiocarbonyl (C=S) groups is 1. The number of halogens is 3. The topological polar surface area (TPSA) is 49.4 Å². The van der Waals surface area contributed by atoms with Crippen molar-refractivity contribution >= 4 is 45.8 Å². The predicted octanol–water partition coefficient (Wildman–Crippen LogP) is 1.90. The molecule has 1 aromatic rings. The van der Waals surface area contributed by atoms with Gasteiger partial charge in [0.25, 0.3) is 0 Å². The molecular weight excluding hydrogens is 313 g/mol. The van der Waals surface area contributed by atoms with Gasteiger partial charge < -0.3 is 5.32 Å². The summed E-state index contributed by atoms with van der Waals surface area (Å²) in [6.45, 7) is -0.400. The molecule has 0 spiro atoms. The number of carbonyl (C=O) groups is 2. The Bertz CT molecular complexity index is 594. The number of rotatable bonds is 3. The van der Waals surface area contributed by atoms with Crippen molar-refractivity contribution in [2.24, 2.45) is 0 Å². The van der Waals surface area contributed by atoms with Gasteiger partial charge in [-0.3, -0.25) is 14.5 Å². The molecule has 0 radical (unpaired) electrons. The molecule has 0 unspecified atom stereocenters. The van der Waals surface area contributed by atoms with Gasteiger partial charge in [0.15, 0.2) is 17.5 Å². The summed E-state index contributed by atoms with van der Waals surface area (Å²) in [5.74, 6) is -5.47. The van der Waals surface area contributed by atoms with Crippen LogP contribution in [-0.4, -0.2) is 33.3 Å². The largest absolute Gasteiger partial charge is 0.322 e. The van der Waals surface area contributed by atoms with Gasteiger partial charge in [-0.2, -0.15) is 0 Å². The molecular formula is C11H7F3N2O2S2. The number of benzene rings is 1. The van der Waals surface area contributed by atoms with Crippen molar-refractivity contribution in [2.45, 2.75) is 0 Å². The molecule has 0 bridgehead atoms. The van der Waals surface area contributed by atoms with E-state index in [-0.39, 0.29) is 16.0 Å². The summed E-state index contributed by atoms with van der Waals surface area (Å²) < 4.78 is 39.3. The second-order valence-corrected chi connectivity index (χ2v) is 5.41. The van der Waals surface area contributed by atoms with Crippen LogP contribution in [0.15, 0.2) is 12.1 Å². The van der Waals surface area contributed by atoms with Gasteiger partial charge in [-0.25, -0.2) is 13.2 Å². The van der Waals surface area contributed by atoms with E-state index in [1.165, 1.54) is 0 Å². The predicted molar refractivity (Wildman–Crippen MR) is 71.7 cm³/mol. The molecule has 0 aromatic heterocycles. The normalized spacial score (nSPS) is 14.8. The van der Waals surface area contributed by atoms with Gasteiger partial charge in [0.2, 0.25) is 11.8 Å². The lowest BCUT2D eigenvalue weighted by Gasteiger charge is -2.14. The highest BCUT2D eigenvalue weighted by Crippen LogP contribution is 2.21. The molecule has 1 heterocycles. The fourth-order valence-electron chi connectivity index (χ4n) is 1.49. The number of nitrogens with zero attached hydrogens (tertiary/aromatic N) is 1. The van der Waals surface area contributed by atoms with Gasteiger partial charge >= 0.3 is 0 Å². The Balaban J connectivity index is 2.07. The molecule has 1 saturated heterocycles. The Kier molecular flexibility index (Phi) is 4.29. The first-order chi connectivity index (χ1) is 9.40. The van der Waals surface area contributed by atoms with Gasteiger partial charge in [-0.1, -0.05) is 24.0 Å². The highest BCUT2D eigenvalue weighted by molar-refractivity contribution is 8.23. The number of anilines is 1. The van der Waals surface area contributed by atoms with E-state index < -0.39 is 35.6 Å². The fourth-order valence-corrected chi connectivity index (χ4v) is 2.56. The van der Waals surface area contributed by atoms with Gasteiger partial charge in [0.1, 0.15) is 10.9 Å². The molecule has 106 valence electrons. The van der Waals surface area contributed by atoms with Crippen LogP contribution in [0.4, 0.5) is 18.9 Å². The van der Waals surface area contributed by atoms with E-state index in [2.05, 4.69) is 5.32 Å². The molecule has 0 atom stereocenters. The smallest absolute Gasteiger partial charge is 0.244 e. The lowest BCUT2D eigenvalue weighted by Crippen LogP contribution is -2.36. The van der Waals surface area contributed by atoms with Crippen LogP contribution in [0.2, 0.25) is 0 Å². The molecule has 1 fully saturated rings. The number of amides is 2. The van der Waals surface area contributed by atoms with Gasteiger partial charge in [-0.15, -0.1) is 0 Å². The third-order valence-electron chi connectivity index (χ3n) is 2.45. The number of carbonyl (C=O) groups excluding carboxylic acids is 2. The molecule has 2 amide bonds. The number of thioether (sulfide) groups is 1. The molecule has 1 aliphatic heterocycles. The second kappa shape index (κ2) is 5.80. The van der Waals surface area contributed by atoms with E-state index in [9.17, 15) is 22.8 Å². The van der Waals surface area contributed by atoms with E-state index in [1.54, 1.807) is 0 Å². The summed E-state index contributed by atoms with van der Waals surface area (Å²) in [4.78, 5) is 24.1. The Labute approximate surface area is 121 Å². The SMILES string of the molecule is O=C(CN1C(=O)CSC1=S)Nc1ccc(F)c(F)c1F. The van der Waals surface area contributed by atoms with E-state index in [4.69, 9.17) is 12.2 Å². The highest BCUT2D eigenvalue weighted by atomic mass is 32.2. The van der Waals surface area contributed by atoms with Crippen molar-refractivity contribution < 1.29 is 22.8 Å². The van der Waals surface area contributed by atoms with Crippen LogP contribution in [-0.2, 0) is 9.59 Å². The molecule has 1 aromatic carbocycles. The molecule has 0 aliphatic carbocycles. The van der Waals surface area contributed by atoms with Gasteiger partial charge in [0, 0.05) is 0 Å². The van der Waals surface area contributed by atoms with E-state index in [1.807, 2.05) is 0 Å². The minimum Gasteiger partial charge on any atom is -0.322 e. The monoisotopic (exact) mass is 320 g/mol. The Hall–Kier alpha value is -1.61. The van der Waals surface area contributed by atoms with Crippen LogP contribution in [0.1, 0.15) is 0 Å².